The Hall–Kier alpha value is -1.28. The third-order valence-corrected chi connectivity index (χ3v) is 5.07. The van der Waals surface area contributed by atoms with E-state index < -0.39 is 0 Å². The molecule has 1 aromatic carbocycles. The minimum atomic E-state index is 0.268. The average molecular weight is 289 g/mol. The molecule has 0 spiro atoms. The topological polar surface area (TPSA) is 24.9 Å². The maximum atomic E-state index is 6.27. The molecule has 0 amide bonds. The molecule has 2 aromatic rings. The predicted molar refractivity (Wildman–Crippen MR) is 86.5 cm³/mol. The van der Waals surface area contributed by atoms with Crippen LogP contribution in [0.1, 0.15) is 32.1 Å². The molecular weight excluding hydrogens is 268 g/mol. The number of aromatic nitrogens is 1. The molecule has 3 rings (SSSR count). The summed E-state index contributed by atoms with van der Waals surface area (Å²) in [5.41, 5.74) is 2.48. The Bertz CT molecular complexity index is 571. The lowest BCUT2D eigenvalue weighted by Gasteiger charge is -2.36. The van der Waals surface area contributed by atoms with Crippen molar-refractivity contribution in [1.82, 2.24) is 4.98 Å². The maximum Gasteiger partial charge on any atom is 0.0722 e. The van der Waals surface area contributed by atoms with Crippen molar-refractivity contribution in [1.29, 1.82) is 0 Å². The number of rotatable bonds is 4. The van der Waals surface area contributed by atoms with Gasteiger partial charge in [-0.1, -0.05) is 37.5 Å². The first kappa shape index (κ1) is 13.7. The summed E-state index contributed by atoms with van der Waals surface area (Å²) in [6, 6.07) is 10.3. The molecule has 3 heteroatoms. The SMILES string of the molecule is ClCC1(CNc2ccnc3ccccc23)CCCCC1. The van der Waals surface area contributed by atoms with E-state index in [-0.39, 0.29) is 5.41 Å². The summed E-state index contributed by atoms with van der Waals surface area (Å²) in [6.07, 6.45) is 8.34. The van der Waals surface area contributed by atoms with Crippen LogP contribution in [0, 0.1) is 5.41 Å². The quantitative estimate of drug-likeness (QED) is 0.815. The zero-order chi connectivity index (χ0) is 13.8. The number of para-hydroxylation sites is 1. The number of benzene rings is 1. The van der Waals surface area contributed by atoms with Crippen LogP contribution in [0.3, 0.4) is 0 Å². The minimum absolute atomic E-state index is 0.268. The van der Waals surface area contributed by atoms with Crippen molar-refractivity contribution >= 4 is 28.2 Å². The maximum absolute atomic E-state index is 6.27. The molecule has 20 heavy (non-hydrogen) atoms. The van der Waals surface area contributed by atoms with Gasteiger partial charge in [-0.3, -0.25) is 4.98 Å². The van der Waals surface area contributed by atoms with Crippen molar-refractivity contribution < 1.29 is 0 Å². The lowest BCUT2D eigenvalue weighted by Crippen LogP contribution is -2.33. The highest BCUT2D eigenvalue weighted by atomic mass is 35.5. The molecule has 1 aromatic heterocycles. The number of hydrogen-bond donors (Lipinski definition) is 1. The molecule has 2 nitrogen and oxygen atoms in total. The molecule has 0 radical (unpaired) electrons. The summed E-state index contributed by atoms with van der Waals surface area (Å²) < 4.78 is 0. The van der Waals surface area contributed by atoms with Gasteiger partial charge in [0.25, 0.3) is 0 Å². The fraction of sp³-hybridized carbons (Fsp3) is 0.471. The second-order valence-corrected chi connectivity index (χ2v) is 6.19. The third-order valence-electron chi connectivity index (χ3n) is 4.50. The molecule has 1 aliphatic rings. The first-order valence-electron chi connectivity index (χ1n) is 7.47. The Morgan fingerprint density at radius 2 is 1.90 bits per heavy atom. The van der Waals surface area contributed by atoms with Crippen LogP contribution in [0.4, 0.5) is 5.69 Å². The highest BCUT2D eigenvalue weighted by Gasteiger charge is 2.31. The van der Waals surface area contributed by atoms with E-state index in [1.807, 2.05) is 12.3 Å². The monoisotopic (exact) mass is 288 g/mol. The number of fused-ring (bicyclic) bond motifs is 1. The van der Waals surface area contributed by atoms with Gasteiger partial charge in [0.2, 0.25) is 0 Å². The normalized spacial score (nSPS) is 18.1. The largest absolute Gasteiger partial charge is 0.384 e. The zero-order valence-corrected chi connectivity index (χ0v) is 12.5. The van der Waals surface area contributed by atoms with Crippen LogP contribution in [0.25, 0.3) is 10.9 Å². The zero-order valence-electron chi connectivity index (χ0n) is 11.7. The fourth-order valence-corrected chi connectivity index (χ4v) is 3.55. The highest BCUT2D eigenvalue weighted by Crippen LogP contribution is 2.37. The first-order chi connectivity index (χ1) is 9.83. The molecule has 0 saturated heterocycles. The molecule has 0 atom stereocenters. The molecule has 1 heterocycles. The molecule has 1 aliphatic carbocycles. The Balaban J connectivity index is 1.79. The number of alkyl halides is 1. The van der Waals surface area contributed by atoms with Crippen LogP contribution in [-0.4, -0.2) is 17.4 Å². The number of halogens is 1. The van der Waals surface area contributed by atoms with Crippen molar-refractivity contribution in [2.75, 3.05) is 17.7 Å². The third kappa shape index (κ3) is 2.76. The second-order valence-electron chi connectivity index (χ2n) is 5.92. The second kappa shape index (κ2) is 6.01. The molecular formula is C17H21ClN2. The number of anilines is 1. The molecule has 1 fully saturated rings. The first-order valence-corrected chi connectivity index (χ1v) is 8.00. The van der Waals surface area contributed by atoms with E-state index in [0.29, 0.717) is 0 Å². The lowest BCUT2D eigenvalue weighted by molar-refractivity contribution is 0.238. The van der Waals surface area contributed by atoms with Gasteiger partial charge in [0.05, 0.1) is 5.52 Å². The van der Waals surface area contributed by atoms with Gasteiger partial charge >= 0.3 is 0 Å². The van der Waals surface area contributed by atoms with Gasteiger partial charge in [0.15, 0.2) is 0 Å². The van der Waals surface area contributed by atoms with Gasteiger partial charge in [-0.15, -0.1) is 11.6 Å². The van der Waals surface area contributed by atoms with Crippen molar-refractivity contribution in [3.05, 3.63) is 36.5 Å². The van der Waals surface area contributed by atoms with Crippen LogP contribution in [0.15, 0.2) is 36.5 Å². The summed E-state index contributed by atoms with van der Waals surface area (Å²) >= 11 is 6.27. The van der Waals surface area contributed by atoms with Gasteiger partial charge < -0.3 is 5.32 Å². The van der Waals surface area contributed by atoms with Gasteiger partial charge in [-0.2, -0.15) is 0 Å². The smallest absolute Gasteiger partial charge is 0.0722 e. The van der Waals surface area contributed by atoms with Crippen LogP contribution in [-0.2, 0) is 0 Å². The standard InChI is InChI=1S/C17H21ClN2/c18-12-17(9-4-1-5-10-17)13-20-16-8-11-19-15-7-3-2-6-14(15)16/h2-3,6-8,11H,1,4-5,9-10,12-13H2,(H,19,20). The van der Waals surface area contributed by atoms with Crippen molar-refractivity contribution in [3.8, 4) is 0 Å². The van der Waals surface area contributed by atoms with Gasteiger partial charge in [0.1, 0.15) is 0 Å². The predicted octanol–water partition coefficient (Wildman–Crippen LogP) is 4.84. The van der Waals surface area contributed by atoms with Crippen molar-refractivity contribution in [3.63, 3.8) is 0 Å². The van der Waals surface area contributed by atoms with E-state index >= 15 is 0 Å². The molecule has 0 bridgehead atoms. The van der Waals surface area contributed by atoms with Crippen LogP contribution in [0.2, 0.25) is 0 Å². The molecule has 1 saturated carbocycles. The number of hydrogen-bond acceptors (Lipinski definition) is 2. The van der Waals surface area contributed by atoms with E-state index in [1.54, 1.807) is 0 Å². The van der Waals surface area contributed by atoms with E-state index in [1.165, 1.54) is 43.2 Å². The Morgan fingerprint density at radius 3 is 2.70 bits per heavy atom. The summed E-state index contributed by atoms with van der Waals surface area (Å²) in [4.78, 5) is 4.41. The van der Waals surface area contributed by atoms with Crippen molar-refractivity contribution in [2.45, 2.75) is 32.1 Å². The summed E-state index contributed by atoms with van der Waals surface area (Å²) in [5.74, 6) is 0.753. The van der Waals surface area contributed by atoms with Gasteiger partial charge in [-0.05, 0) is 25.0 Å². The lowest BCUT2D eigenvalue weighted by atomic mass is 9.75. The molecule has 1 N–H and O–H groups in total. The van der Waals surface area contributed by atoms with E-state index in [0.717, 1.165) is 17.9 Å². The number of nitrogens with zero attached hydrogens (tertiary/aromatic N) is 1. The van der Waals surface area contributed by atoms with Crippen molar-refractivity contribution in [2.24, 2.45) is 5.41 Å². The summed E-state index contributed by atoms with van der Waals surface area (Å²) in [7, 11) is 0. The molecule has 0 aliphatic heterocycles. The number of nitrogens with one attached hydrogen (secondary N) is 1. The number of pyridine rings is 1. The minimum Gasteiger partial charge on any atom is -0.384 e. The van der Waals surface area contributed by atoms with Gasteiger partial charge in [-0.25, -0.2) is 0 Å². The fourth-order valence-electron chi connectivity index (χ4n) is 3.19. The Kier molecular flexibility index (Phi) is 4.11. The Labute approximate surface area is 125 Å². The van der Waals surface area contributed by atoms with Gasteiger partial charge in [0, 0.05) is 35.1 Å². The van der Waals surface area contributed by atoms with E-state index in [2.05, 4.69) is 34.6 Å². The van der Waals surface area contributed by atoms with E-state index in [4.69, 9.17) is 11.6 Å². The average Bonchev–Trinajstić information content (AvgIpc) is 2.54. The van der Waals surface area contributed by atoms with Crippen LogP contribution < -0.4 is 5.32 Å². The van der Waals surface area contributed by atoms with E-state index in [9.17, 15) is 0 Å². The Morgan fingerprint density at radius 1 is 1.10 bits per heavy atom. The summed E-state index contributed by atoms with van der Waals surface area (Å²) in [5, 5.41) is 4.81. The van der Waals surface area contributed by atoms with Crippen LogP contribution in [0.5, 0.6) is 0 Å². The highest BCUT2D eigenvalue weighted by molar-refractivity contribution is 6.18. The summed E-state index contributed by atoms with van der Waals surface area (Å²) in [6.45, 7) is 0.963. The van der Waals surface area contributed by atoms with Crippen LogP contribution >= 0.6 is 11.6 Å². The molecule has 0 unspecified atom stereocenters. The molecule has 106 valence electrons.